The zero-order valence-corrected chi connectivity index (χ0v) is 32.1. The highest BCUT2D eigenvalue weighted by Crippen LogP contribution is 2.42. The highest BCUT2D eigenvalue weighted by atomic mass is 32.2. The number of oxime groups is 1. The number of phenolic OH excluding ortho intramolecular Hbond substituents is 2. The summed E-state index contributed by atoms with van der Waals surface area (Å²) < 4.78 is 1.22. The van der Waals surface area contributed by atoms with Crippen LogP contribution in [0.4, 0.5) is 5.13 Å². The molecular weight excluding hydrogens is 829 g/mol. The van der Waals surface area contributed by atoms with Gasteiger partial charge in [-0.2, -0.15) is 9.50 Å². The van der Waals surface area contributed by atoms with Gasteiger partial charge in [-0.25, -0.2) is 20.2 Å². The second-order valence-corrected chi connectivity index (χ2v) is 15.4. The van der Waals surface area contributed by atoms with Crippen molar-refractivity contribution in [3.05, 3.63) is 63.7 Å². The Hall–Kier alpha value is -6.55. The van der Waals surface area contributed by atoms with E-state index in [9.17, 15) is 49.2 Å². The number of carboxylic acid groups (broad SMARTS) is 1. The second-order valence-electron chi connectivity index (χ2n) is 12.4. The number of aromatic nitrogens is 5. The fourth-order valence-electron chi connectivity index (χ4n) is 5.20. The number of nitrogens with one attached hydrogen (secondary N) is 4. The molecule has 304 valence electrons. The molecule has 2 aliphatic rings. The average molecular weight is 859 g/mol. The van der Waals surface area contributed by atoms with Gasteiger partial charge in [-0.05, 0) is 37.6 Å². The van der Waals surface area contributed by atoms with Gasteiger partial charge in [-0.15, -0.1) is 40.0 Å². The van der Waals surface area contributed by atoms with E-state index in [1.807, 2.05) is 0 Å². The number of rotatable bonds is 13. The summed E-state index contributed by atoms with van der Waals surface area (Å²) in [7, 11) is 0. The summed E-state index contributed by atoms with van der Waals surface area (Å²) in [5.41, 5.74) is 8.72. The van der Waals surface area contributed by atoms with Gasteiger partial charge >= 0.3 is 5.97 Å². The second kappa shape index (κ2) is 16.5. The topological polar surface area (TPSA) is 359 Å². The van der Waals surface area contributed by atoms with Gasteiger partial charge in [0.2, 0.25) is 5.60 Å². The number of aliphatic hydroxyl groups is 1. The Morgan fingerprint density at radius 3 is 2.48 bits per heavy atom. The Morgan fingerprint density at radius 2 is 1.83 bits per heavy atom. The predicted octanol–water partition coefficient (Wildman–Crippen LogP) is -1.32. The van der Waals surface area contributed by atoms with E-state index in [1.54, 1.807) is 0 Å². The van der Waals surface area contributed by atoms with Crippen molar-refractivity contribution in [1.82, 2.24) is 51.1 Å². The first-order chi connectivity index (χ1) is 27.5. The van der Waals surface area contributed by atoms with E-state index in [4.69, 9.17) is 15.8 Å². The summed E-state index contributed by atoms with van der Waals surface area (Å²) in [6.07, 6.45) is 0. The third kappa shape index (κ3) is 8.27. The third-order valence-corrected chi connectivity index (χ3v) is 11.2. The molecule has 58 heavy (non-hydrogen) atoms. The number of carboxylic acids is 1. The number of fused-ring (bicyclic) bond motifs is 2. The van der Waals surface area contributed by atoms with Crippen LogP contribution in [0.15, 0.2) is 51.1 Å². The number of thioether (sulfide) groups is 2. The number of hydrogen-bond acceptors (Lipinski definition) is 20. The van der Waals surface area contributed by atoms with Gasteiger partial charge in [0.05, 0.1) is 0 Å². The van der Waals surface area contributed by atoms with Crippen LogP contribution >= 0.6 is 34.9 Å². The molecule has 1 fully saturated rings. The number of aromatic hydroxyl groups is 2. The van der Waals surface area contributed by atoms with Crippen LogP contribution in [0.3, 0.4) is 0 Å². The fraction of sp³-hybridized carbons (Fsp3) is 0.258. The molecule has 1 saturated heterocycles. The normalized spacial score (nSPS) is 16.7. The quantitative estimate of drug-likeness (QED) is 0.0142. The summed E-state index contributed by atoms with van der Waals surface area (Å²) in [6.45, 7) is 1.98. The van der Waals surface area contributed by atoms with E-state index < -0.39 is 76.3 Å². The van der Waals surface area contributed by atoms with Gasteiger partial charge in [-0.3, -0.25) is 44.9 Å². The molecule has 4 aromatic rings. The van der Waals surface area contributed by atoms with Gasteiger partial charge in [0.1, 0.15) is 40.1 Å². The van der Waals surface area contributed by atoms with Gasteiger partial charge in [0.25, 0.3) is 35.3 Å². The van der Waals surface area contributed by atoms with Crippen LogP contribution in [0.25, 0.3) is 5.78 Å². The Labute approximate surface area is 336 Å². The largest absolute Gasteiger partial charge is 0.504 e. The number of carbonyl (C=O) groups is 6. The lowest BCUT2D eigenvalue weighted by Gasteiger charge is -2.49. The van der Waals surface area contributed by atoms with Crippen molar-refractivity contribution in [2.45, 2.75) is 42.5 Å². The first-order valence-electron chi connectivity index (χ1n) is 16.3. The Morgan fingerprint density at radius 1 is 1.07 bits per heavy atom. The molecule has 2 aliphatic heterocycles. The number of amides is 5. The molecule has 0 bridgehead atoms. The summed E-state index contributed by atoms with van der Waals surface area (Å²) in [5.74, 6) is -6.96. The molecule has 0 radical (unpaired) electrons. The summed E-state index contributed by atoms with van der Waals surface area (Å²) in [6, 6.07) is 3.27. The average Bonchev–Trinajstić information content (AvgIpc) is 3.83. The van der Waals surface area contributed by atoms with Crippen molar-refractivity contribution in [2.75, 3.05) is 17.2 Å². The van der Waals surface area contributed by atoms with Crippen LogP contribution in [0.5, 0.6) is 11.5 Å². The minimum absolute atomic E-state index is 0.0137. The first kappa shape index (κ1) is 41.1. The summed E-state index contributed by atoms with van der Waals surface area (Å²) in [4.78, 5) is 95.8. The molecule has 11 N–H and O–H groups in total. The van der Waals surface area contributed by atoms with Gasteiger partial charge < -0.3 is 36.3 Å². The molecule has 0 aliphatic carbocycles. The Bertz CT molecular complexity index is 2430. The lowest BCUT2D eigenvalue weighted by molar-refractivity contribution is -0.150. The number of aliphatic hydroxyl groups excluding tert-OH is 1. The van der Waals surface area contributed by atoms with Gasteiger partial charge in [0, 0.05) is 28.5 Å². The molecule has 2 atom stereocenters. The molecule has 5 heterocycles. The van der Waals surface area contributed by atoms with Crippen LogP contribution in [-0.4, -0.2) is 125 Å². The van der Waals surface area contributed by atoms with Crippen molar-refractivity contribution in [3.8, 4) is 11.5 Å². The van der Waals surface area contributed by atoms with E-state index in [1.165, 1.54) is 41.4 Å². The molecule has 0 spiro atoms. The minimum atomic E-state index is -1.85. The van der Waals surface area contributed by atoms with Crippen LogP contribution in [-0.2, 0) is 30.6 Å². The number of nitrogen functional groups attached to an aromatic ring is 1. The molecule has 0 unspecified atom stereocenters. The van der Waals surface area contributed by atoms with Crippen LogP contribution in [0, 0.1) is 0 Å². The zero-order chi connectivity index (χ0) is 42.1. The highest BCUT2D eigenvalue weighted by Gasteiger charge is 2.54. The molecule has 27 heteroatoms. The predicted molar refractivity (Wildman–Crippen MR) is 200 cm³/mol. The van der Waals surface area contributed by atoms with Crippen molar-refractivity contribution >= 4 is 87.0 Å². The number of benzene rings is 1. The number of hydrogen-bond donors (Lipinski definition) is 10. The van der Waals surface area contributed by atoms with E-state index >= 15 is 0 Å². The number of β-lactam (4-membered cyclic amide) rings is 1. The highest BCUT2D eigenvalue weighted by molar-refractivity contribution is 8.01. The minimum Gasteiger partial charge on any atom is -0.504 e. The number of aliphatic carboxylic acids is 1. The van der Waals surface area contributed by atoms with Crippen molar-refractivity contribution in [2.24, 2.45) is 5.16 Å². The van der Waals surface area contributed by atoms with Crippen molar-refractivity contribution in [3.63, 3.8) is 0 Å². The number of thiazole rings is 1. The van der Waals surface area contributed by atoms with Gasteiger partial charge in [-0.1, -0.05) is 5.16 Å². The number of nitrogens with two attached hydrogens (primary N) is 1. The summed E-state index contributed by atoms with van der Waals surface area (Å²) >= 11 is 3.13. The fourth-order valence-corrected chi connectivity index (χ4v) is 8.22. The van der Waals surface area contributed by atoms with E-state index in [-0.39, 0.29) is 55.9 Å². The molecule has 1 aromatic carbocycles. The smallest absolute Gasteiger partial charge is 0.352 e. The number of hydrazine groups is 1. The number of anilines is 1. The number of nitrogens with zero attached hydrogens (tertiary/aromatic N) is 7. The lowest BCUT2D eigenvalue weighted by Crippen LogP contribution is -2.71. The molecule has 6 rings (SSSR count). The third-order valence-electron chi connectivity index (χ3n) is 8.15. The SMILES string of the molecule is CC(C)(O/N=C(/C(=O)N[C@@H]1C(=O)N2C(C(=O)O)=C(CSc3cc(C(=O)NO)nc4nc(CO)nn34)CS[C@H]12)c1csc(N)n1)C(=O)NNC(=O)c1ccc(O)c(O)c1. The Kier molecular flexibility index (Phi) is 11.7. The molecule has 24 nitrogen and oxygen atoms in total. The standard InChI is InChI=1S/C31H30N12O12S3/c1-31(2,28(53)38-37-22(47)11-3-4-15(45)16(46)5-11)55-41-19(14-10-58-29(32)33-14)24(49)36-20-25(50)42-21(27(51)52)12(9-57-26(20)42)8-56-18-6-13(23(48)40-54)34-30-35-17(7-44)39-43(18)30/h3-6,10,20,26,44-46,54H,7-9H2,1-2H3,(H2,32,33)(H,36,49)(H,37,47)(H,38,53)(H,40,48)(H,51,52)/b41-19+/t20-,26-/m1/s1. The molecule has 0 saturated carbocycles. The van der Waals surface area contributed by atoms with Crippen molar-refractivity contribution < 1.29 is 59.2 Å². The number of carbonyl (C=O) groups excluding carboxylic acids is 5. The van der Waals surface area contributed by atoms with Gasteiger partial charge in [0.15, 0.2) is 28.2 Å². The maximum Gasteiger partial charge on any atom is 0.352 e. The van der Waals surface area contributed by atoms with Crippen LogP contribution < -0.4 is 27.4 Å². The number of hydroxylamine groups is 1. The maximum absolute atomic E-state index is 13.7. The van der Waals surface area contributed by atoms with E-state index in [0.29, 0.717) is 5.57 Å². The Balaban J connectivity index is 1.16. The monoisotopic (exact) mass is 858 g/mol. The lowest BCUT2D eigenvalue weighted by atomic mass is 10.0. The maximum atomic E-state index is 13.7. The molecular formula is C31H30N12O12S3. The number of phenols is 2. The van der Waals surface area contributed by atoms with Crippen molar-refractivity contribution in [1.29, 1.82) is 0 Å². The van der Waals surface area contributed by atoms with Crippen LogP contribution in [0.2, 0.25) is 0 Å². The summed E-state index contributed by atoms with van der Waals surface area (Å²) in [5, 5.41) is 59.3. The van der Waals surface area contributed by atoms with E-state index in [0.717, 1.165) is 51.9 Å². The molecule has 3 aromatic heterocycles. The zero-order valence-electron chi connectivity index (χ0n) is 29.7. The first-order valence-corrected chi connectivity index (χ1v) is 19.2. The van der Waals surface area contributed by atoms with Crippen LogP contribution in [0.1, 0.15) is 46.2 Å². The molecule has 5 amide bonds. The van der Waals surface area contributed by atoms with E-state index in [2.05, 4.69) is 41.4 Å².